The van der Waals surface area contributed by atoms with Gasteiger partial charge in [0.05, 0.1) is 11.7 Å². The van der Waals surface area contributed by atoms with Gasteiger partial charge in [0.1, 0.15) is 11.9 Å². The molecule has 0 radical (unpaired) electrons. The molecular formula is C24H32N6O5S. The van der Waals surface area contributed by atoms with E-state index in [0.717, 1.165) is 32.4 Å². The van der Waals surface area contributed by atoms with Crippen molar-refractivity contribution in [1.82, 2.24) is 30.1 Å². The van der Waals surface area contributed by atoms with Gasteiger partial charge in [0.15, 0.2) is 5.82 Å². The van der Waals surface area contributed by atoms with Crippen molar-refractivity contribution in [2.75, 3.05) is 19.6 Å². The number of rotatable bonds is 10. The molecule has 0 saturated carbocycles. The van der Waals surface area contributed by atoms with E-state index in [2.05, 4.69) is 31.6 Å². The van der Waals surface area contributed by atoms with E-state index >= 15 is 0 Å². The largest absolute Gasteiger partial charge is 0.480 e. The average Bonchev–Trinajstić information content (AvgIpc) is 3.29. The highest BCUT2D eigenvalue weighted by Gasteiger charge is 2.32. The molecule has 12 heteroatoms. The third-order valence-corrected chi connectivity index (χ3v) is 7.87. The maximum Gasteiger partial charge on any atom is 0.323 e. The Labute approximate surface area is 210 Å². The van der Waals surface area contributed by atoms with Gasteiger partial charge in [-0.1, -0.05) is 36.4 Å². The van der Waals surface area contributed by atoms with E-state index in [1.54, 1.807) is 30.3 Å². The average molecular weight is 517 g/mol. The zero-order valence-corrected chi connectivity index (χ0v) is 20.8. The minimum Gasteiger partial charge on any atom is -0.480 e. The van der Waals surface area contributed by atoms with E-state index in [0.29, 0.717) is 36.1 Å². The van der Waals surface area contributed by atoms with Crippen LogP contribution < -0.4 is 15.4 Å². The van der Waals surface area contributed by atoms with Gasteiger partial charge in [0.2, 0.25) is 15.9 Å². The lowest BCUT2D eigenvalue weighted by atomic mass is 9.97. The topological polar surface area (TPSA) is 155 Å². The Hall–Kier alpha value is -3.09. The summed E-state index contributed by atoms with van der Waals surface area (Å²) < 4.78 is 29.1. The van der Waals surface area contributed by atoms with E-state index in [9.17, 15) is 23.1 Å². The van der Waals surface area contributed by atoms with Crippen LogP contribution in [0.15, 0.2) is 36.4 Å². The lowest BCUT2D eigenvalue weighted by Crippen LogP contribution is -2.49. The van der Waals surface area contributed by atoms with Gasteiger partial charge in [-0.3, -0.25) is 9.59 Å². The van der Waals surface area contributed by atoms with E-state index in [1.165, 1.54) is 0 Å². The number of carbonyl (C=O) groups is 2. The van der Waals surface area contributed by atoms with E-state index in [1.807, 2.05) is 10.6 Å². The number of nitrogens with one attached hydrogen (secondary N) is 3. The molecule has 1 fully saturated rings. The highest BCUT2D eigenvalue weighted by molar-refractivity contribution is 7.88. The van der Waals surface area contributed by atoms with Crippen LogP contribution in [0.5, 0.6) is 0 Å². The van der Waals surface area contributed by atoms with Crippen LogP contribution in [0.2, 0.25) is 0 Å². The fourth-order valence-electron chi connectivity index (χ4n) is 4.59. The lowest BCUT2D eigenvalue weighted by molar-refractivity contribution is -0.139. The van der Waals surface area contributed by atoms with Crippen LogP contribution in [0, 0.1) is 5.92 Å². The summed E-state index contributed by atoms with van der Waals surface area (Å²) in [4.78, 5) is 24.7. The van der Waals surface area contributed by atoms with Gasteiger partial charge in [-0.05, 0) is 56.3 Å². The van der Waals surface area contributed by atoms with Gasteiger partial charge in [0.25, 0.3) is 0 Å². The van der Waals surface area contributed by atoms with Crippen molar-refractivity contribution in [3.63, 3.8) is 0 Å². The molecule has 0 aliphatic carbocycles. The molecule has 0 bridgehead atoms. The number of aromatic nitrogens is 3. The van der Waals surface area contributed by atoms with Gasteiger partial charge < -0.3 is 20.3 Å². The number of aliphatic carboxylic acids is 1. The number of carbonyl (C=O) groups excluding carboxylic acids is 1. The number of hydrogen-bond donors (Lipinski definition) is 4. The molecule has 4 N–H and O–H groups in total. The number of fused-ring (bicyclic) bond motifs is 1. The first-order chi connectivity index (χ1) is 17.3. The van der Waals surface area contributed by atoms with Crippen molar-refractivity contribution in [1.29, 1.82) is 0 Å². The maximum absolute atomic E-state index is 13.0. The van der Waals surface area contributed by atoms with Gasteiger partial charge in [-0.2, -0.15) is 4.72 Å². The number of allylic oxidation sites excluding steroid dienone is 1. The lowest BCUT2D eigenvalue weighted by Gasteiger charge is -2.23. The summed E-state index contributed by atoms with van der Waals surface area (Å²) in [5.74, 6) is -0.971. The molecule has 2 atom stereocenters. The van der Waals surface area contributed by atoms with Crippen LogP contribution in [-0.2, 0) is 31.9 Å². The van der Waals surface area contributed by atoms with Crippen LogP contribution in [-0.4, -0.2) is 65.8 Å². The Morgan fingerprint density at radius 3 is 2.64 bits per heavy atom. The number of piperidine rings is 1. The molecule has 194 valence electrons. The van der Waals surface area contributed by atoms with Crippen molar-refractivity contribution in [2.24, 2.45) is 5.92 Å². The minimum absolute atomic E-state index is 0.356. The predicted octanol–water partition coefficient (Wildman–Crippen LogP) is 0.857. The summed E-state index contributed by atoms with van der Waals surface area (Å²) in [6, 6.07) is 6.97. The molecular weight excluding hydrogens is 484 g/mol. The second-order valence-corrected chi connectivity index (χ2v) is 11.0. The minimum atomic E-state index is -3.93. The molecule has 1 saturated heterocycles. The monoisotopic (exact) mass is 516 g/mol. The van der Waals surface area contributed by atoms with Gasteiger partial charge in [-0.15, -0.1) is 10.2 Å². The van der Waals surface area contributed by atoms with Crippen molar-refractivity contribution in [3.8, 4) is 0 Å². The molecule has 36 heavy (non-hydrogen) atoms. The molecule has 1 aromatic carbocycles. The Bertz CT molecular complexity index is 1190. The SMILES string of the molecule is O=C(NC[C@H](NS(=O)(=O)Cc1ccccc1)C(=O)O)C1CCCn2c(/C=C/C3CCNCC3)nnc21. The summed E-state index contributed by atoms with van der Waals surface area (Å²) >= 11 is 0. The van der Waals surface area contributed by atoms with Crippen molar-refractivity contribution < 1.29 is 23.1 Å². The molecule has 0 spiro atoms. The Morgan fingerprint density at radius 2 is 1.92 bits per heavy atom. The van der Waals surface area contributed by atoms with Crippen molar-refractivity contribution in [3.05, 3.63) is 53.6 Å². The van der Waals surface area contributed by atoms with Crippen LogP contribution in [0.3, 0.4) is 0 Å². The number of nitrogens with zero attached hydrogens (tertiary/aromatic N) is 3. The van der Waals surface area contributed by atoms with E-state index in [-0.39, 0.29) is 12.3 Å². The standard InChI is InChI=1S/C24H32N6O5S/c31-23(26-15-20(24(32)33)29-36(34,35)16-18-5-2-1-3-6-18)19-7-4-14-30-21(27-28-22(19)30)9-8-17-10-12-25-13-11-17/h1-3,5-6,8-9,17,19-20,25,29H,4,7,10-16H2,(H,26,31)(H,32,33)/b9-8+/t19?,20-/m0/s1. The first-order valence-corrected chi connectivity index (χ1v) is 13.8. The fourth-order valence-corrected chi connectivity index (χ4v) is 5.92. The first kappa shape index (κ1) is 26.0. The van der Waals surface area contributed by atoms with Crippen LogP contribution in [0.4, 0.5) is 0 Å². The summed E-state index contributed by atoms with van der Waals surface area (Å²) in [5.41, 5.74) is 0.532. The second kappa shape index (κ2) is 11.8. The number of carboxylic acids is 1. The second-order valence-electron chi connectivity index (χ2n) is 9.21. The van der Waals surface area contributed by atoms with Crippen LogP contribution in [0.1, 0.15) is 48.8 Å². The molecule has 11 nitrogen and oxygen atoms in total. The molecule has 2 aliphatic rings. The molecule has 2 aromatic rings. The normalized spacial score (nSPS) is 19.6. The highest BCUT2D eigenvalue weighted by Crippen LogP contribution is 2.27. The molecule has 4 rings (SSSR count). The number of amides is 1. The maximum atomic E-state index is 13.0. The van der Waals surface area contributed by atoms with Crippen molar-refractivity contribution in [2.45, 2.75) is 49.9 Å². The summed E-state index contributed by atoms with van der Waals surface area (Å²) in [6.45, 7) is 2.31. The predicted molar refractivity (Wildman–Crippen MR) is 133 cm³/mol. The summed E-state index contributed by atoms with van der Waals surface area (Å²) in [7, 11) is -3.93. The number of carboxylic acid groups (broad SMARTS) is 1. The van der Waals surface area contributed by atoms with Gasteiger partial charge >= 0.3 is 5.97 Å². The van der Waals surface area contributed by atoms with Crippen molar-refractivity contribution >= 4 is 28.0 Å². The number of benzene rings is 1. The molecule has 2 aliphatic heterocycles. The zero-order valence-electron chi connectivity index (χ0n) is 20.0. The highest BCUT2D eigenvalue weighted by atomic mass is 32.2. The smallest absolute Gasteiger partial charge is 0.323 e. The number of hydrogen-bond acceptors (Lipinski definition) is 7. The summed E-state index contributed by atoms with van der Waals surface area (Å²) in [6.07, 6.45) is 7.57. The number of sulfonamides is 1. The Morgan fingerprint density at radius 1 is 1.17 bits per heavy atom. The summed E-state index contributed by atoms with van der Waals surface area (Å²) in [5, 5.41) is 24.0. The molecule has 1 unspecified atom stereocenters. The third kappa shape index (κ3) is 6.77. The molecule has 3 heterocycles. The first-order valence-electron chi connectivity index (χ1n) is 12.2. The van der Waals surface area contributed by atoms with E-state index in [4.69, 9.17) is 0 Å². The molecule has 1 aromatic heterocycles. The Balaban J connectivity index is 1.37. The third-order valence-electron chi connectivity index (χ3n) is 6.51. The van der Waals surface area contributed by atoms with Crippen LogP contribution in [0.25, 0.3) is 6.08 Å². The quantitative estimate of drug-likeness (QED) is 0.362. The Kier molecular flexibility index (Phi) is 8.49. The van der Waals surface area contributed by atoms with E-state index < -0.39 is 33.9 Å². The van der Waals surface area contributed by atoms with Gasteiger partial charge in [0, 0.05) is 13.1 Å². The zero-order chi connectivity index (χ0) is 25.5. The van der Waals surface area contributed by atoms with Crippen LogP contribution >= 0.6 is 0 Å². The molecule has 1 amide bonds. The fraction of sp³-hybridized carbons (Fsp3) is 0.500. The van der Waals surface area contributed by atoms with Gasteiger partial charge in [-0.25, -0.2) is 8.42 Å².